The van der Waals surface area contributed by atoms with Crippen molar-refractivity contribution in [3.63, 3.8) is 0 Å². The number of rotatable bonds is 4. The van der Waals surface area contributed by atoms with Gasteiger partial charge in [0.2, 0.25) is 0 Å². The maximum Gasteiger partial charge on any atom is 0.143 e. The lowest BCUT2D eigenvalue weighted by molar-refractivity contribution is -0.0433. The van der Waals surface area contributed by atoms with E-state index in [0.29, 0.717) is 12.6 Å². The molecule has 8 heteroatoms. The summed E-state index contributed by atoms with van der Waals surface area (Å²) in [5.74, 6) is 0. The summed E-state index contributed by atoms with van der Waals surface area (Å²) >= 11 is 8.09. The van der Waals surface area contributed by atoms with E-state index in [1.165, 1.54) is 11.3 Å². The van der Waals surface area contributed by atoms with Crippen molar-refractivity contribution >= 4 is 33.2 Å². The monoisotopic (exact) mass is 381 g/mol. The molecule has 25 heavy (non-hydrogen) atoms. The van der Waals surface area contributed by atoms with E-state index >= 15 is 0 Å². The summed E-state index contributed by atoms with van der Waals surface area (Å²) in [5.41, 5.74) is 0.789. The van der Waals surface area contributed by atoms with Gasteiger partial charge in [0.1, 0.15) is 11.9 Å². The Kier molecular flexibility index (Phi) is 5.22. The van der Waals surface area contributed by atoms with Crippen LogP contribution in [0.3, 0.4) is 0 Å². The normalized spacial score (nSPS) is 27.4. The molecule has 136 valence electrons. The second kappa shape index (κ2) is 7.42. The molecule has 0 N–H and O–H groups in total. The molecule has 0 aliphatic carbocycles. The number of aromatic nitrogens is 2. The Bertz CT molecular complexity index is 693. The van der Waals surface area contributed by atoms with Gasteiger partial charge < -0.3 is 9.64 Å². The molecule has 2 aromatic heterocycles. The van der Waals surface area contributed by atoms with E-state index in [-0.39, 0.29) is 11.7 Å². The Morgan fingerprint density at radius 1 is 1.32 bits per heavy atom. The molecule has 2 aromatic rings. The molecule has 2 aliphatic heterocycles. The lowest BCUT2D eigenvalue weighted by Crippen LogP contribution is -2.48. The molecule has 2 aliphatic rings. The van der Waals surface area contributed by atoms with Crippen molar-refractivity contribution in [3.8, 4) is 0 Å². The van der Waals surface area contributed by atoms with Gasteiger partial charge in [-0.05, 0) is 26.6 Å². The van der Waals surface area contributed by atoms with Crippen LogP contribution in [0.4, 0.5) is 0 Å². The average Bonchev–Trinajstić information content (AvgIpc) is 3.22. The highest BCUT2D eigenvalue weighted by Crippen LogP contribution is 2.37. The van der Waals surface area contributed by atoms with Crippen molar-refractivity contribution in [2.24, 2.45) is 0 Å². The minimum Gasteiger partial charge on any atom is -0.360 e. The minimum absolute atomic E-state index is 0.231. The summed E-state index contributed by atoms with van der Waals surface area (Å²) in [7, 11) is 4.34. The van der Waals surface area contributed by atoms with Gasteiger partial charge in [-0.15, -0.1) is 11.3 Å². The minimum atomic E-state index is -0.238. The second-order valence-corrected chi connectivity index (χ2v) is 8.57. The summed E-state index contributed by atoms with van der Waals surface area (Å²) in [6, 6.07) is 2.82. The zero-order valence-corrected chi connectivity index (χ0v) is 16.2. The van der Waals surface area contributed by atoms with E-state index in [0.717, 1.165) is 36.4 Å². The number of likely N-dealkylation sites (tertiary alicyclic amines) is 1. The molecule has 0 radical (unpaired) electrons. The van der Waals surface area contributed by atoms with Crippen LogP contribution in [0, 0.1) is 0 Å². The van der Waals surface area contributed by atoms with Crippen molar-refractivity contribution in [1.82, 2.24) is 24.7 Å². The lowest BCUT2D eigenvalue weighted by atomic mass is 10.2. The van der Waals surface area contributed by atoms with Crippen LogP contribution >= 0.6 is 22.9 Å². The van der Waals surface area contributed by atoms with E-state index in [4.69, 9.17) is 16.3 Å². The molecule has 0 amide bonds. The highest BCUT2D eigenvalue weighted by atomic mass is 35.5. The third kappa shape index (κ3) is 3.67. The van der Waals surface area contributed by atoms with Crippen LogP contribution in [0.15, 0.2) is 18.6 Å². The molecular weight excluding hydrogens is 358 g/mol. The third-order valence-corrected chi connectivity index (χ3v) is 6.50. The Morgan fingerprint density at radius 2 is 2.16 bits per heavy atom. The fraction of sp³-hybridized carbons (Fsp3) is 0.647. The van der Waals surface area contributed by atoms with Crippen molar-refractivity contribution in [3.05, 3.63) is 23.5 Å². The van der Waals surface area contributed by atoms with Crippen molar-refractivity contribution in [2.75, 3.05) is 46.9 Å². The summed E-state index contributed by atoms with van der Waals surface area (Å²) in [5, 5.41) is 0. The van der Waals surface area contributed by atoms with Gasteiger partial charge in [-0.25, -0.2) is 9.97 Å². The number of hydrogen-bond donors (Lipinski definition) is 0. The molecule has 0 saturated carbocycles. The fourth-order valence-corrected chi connectivity index (χ4v) is 5.21. The number of ether oxygens (including phenoxy) is 1. The van der Waals surface area contributed by atoms with E-state index in [9.17, 15) is 0 Å². The first-order valence-corrected chi connectivity index (χ1v) is 9.97. The molecule has 2 saturated heterocycles. The van der Waals surface area contributed by atoms with E-state index in [1.807, 2.05) is 6.20 Å². The first-order chi connectivity index (χ1) is 12.1. The molecule has 0 bridgehead atoms. The predicted molar refractivity (Wildman–Crippen MR) is 101 cm³/mol. The van der Waals surface area contributed by atoms with Crippen LogP contribution in [0.25, 0.3) is 10.2 Å². The van der Waals surface area contributed by atoms with Crippen LogP contribution in [-0.4, -0.2) is 83.2 Å². The SMILES string of the molecule is CN(C)C1CCN(C(c2cc3ncncc3s2)N2CCOC(Cl)C2)C1. The Balaban J connectivity index is 1.65. The smallest absolute Gasteiger partial charge is 0.143 e. The van der Waals surface area contributed by atoms with E-state index in [2.05, 4.69) is 44.8 Å². The van der Waals surface area contributed by atoms with Crippen molar-refractivity contribution < 1.29 is 4.74 Å². The van der Waals surface area contributed by atoms with Crippen molar-refractivity contribution in [1.29, 1.82) is 0 Å². The van der Waals surface area contributed by atoms with Gasteiger partial charge >= 0.3 is 0 Å². The number of halogens is 1. The Morgan fingerprint density at radius 3 is 2.88 bits per heavy atom. The number of likely N-dealkylation sites (N-methyl/N-ethyl adjacent to an activating group) is 1. The number of thiophene rings is 1. The maximum atomic E-state index is 6.30. The zero-order chi connectivity index (χ0) is 17.4. The topological polar surface area (TPSA) is 44.7 Å². The van der Waals surface area contributed by atoms with Gasteiger partial charge in [0.05, 0.1) is 23.0 Å². The largest absolute Gasteiger partial charge is 0.360 e. The number of alkyl halides is 1. The molecule has 2 fully saturated rings. The van der Waals surface area contributed by atoms with E-state index < -0.39 is 0 Å². The number of fused-ring (bicyclic) bond motifs is 1. The van der Waals surface area contributed by atoms with Gasteiger partial charge in [-0.2, -0.15) is 0 Å². The molecule has 3 unspecified atom stereocenters. The van der Waals surface area contributed by atoms with Crippen LogP contribution in [-0.2, 0) is 4.74 Å². The maximum absolute atomic E-state index is 6.30. The van der Waals surface area contributed by atoms with Crippen molar-refractivity contribution in [2.45, 2.75) is 24.2 Å². The Hall–Kier alpha value is -0.830. The van der Waals surface area contributed by atoms with Gasteiger partial charge in [0.25, 0.3) is 0 Å². The quantitative estimate of drug-likeness (QED) is 0.757. The van der Waals surface area contributed by atoms with Gasteiger partial charge in [-0.3, -0.25) is 9.80 Å². The molecule has 0 spiro atoms. The molecule has 4 rings (SSSR count). The van der Waals surface area contributed by atoms with Crippen LogP contribution in [0.1, 0.15) is 17.5 Å². The average molecular weight is 382 g/mol. The summed E-state index contributed by atoms with van der Waals surface area (Å²) in [6.45, 7) is 4.49. The predicted octanol–water partition coefficient (Wildman–Crippen LogP) is 2.22. The van der Waals surface area contributed by atoms with Gasteiger partial charge in [-0.1, -0.05) is 11.6 Å². The van der Waals surface area contributed by atoms with E-state index in [1.54, 1.807) is 17.7 Å². The summed E-state index contributed by atoms with van der Waals surface area (Å²) in [6.07, 6.45) is 4.96. The Labute approximate surface area is 157 Å². The second-order valence-electron chi connectivity index (χ2n) is 6.97. The molecular formula is C17H24ClN5OS. The molecule has 6 nitrogen and oxygen atoms in total. The lowest BCUT2D eigenvalue weighted by Gasteiger charge is -2.40. The summed E-state index contributed by atoms with van der Waals surface area (Å²) < 4.78 is 6.69. The van der Waals surface area contributed by atoms with Gasteiger partial charge in [0, 0.05) is 43.3 Å². The fourth-order valence-electron chi connectivity index (χ4n) is 3.78. The molecule has 4 heterocycles. The van der Waals surface area contributed by atoms with Crippen LogP contribution < -0.4 is 0 Å². The highest BCUT2D eigenvalue weighted by Gasteiger charge is 2.36. The first-order valence-electron chi connectivity index (χ1n) is 8.71. The summed E-state index contributed by atoms with van der Waals surface area (Å²) in [4.78, 5) is 17.3. The third-order valence-electron chi connectivity index (χ3n) is 5.14. The molecule has 3 atom stereocenters. The number of nitrogens with zero attached hydrogens (tertiary/aromatic N) is 5. The zero-order valence-electron chi connectivity index (χ0n) is 14.6. The number of hydrogen-bond acceptors (Lipinski definition) is 7. The molecule has 0 aromatic carbocycles. The standard InChI is InChI=1S/C17H24ClN5OS/c1-21(2)12-3-4-22(9-12)17(23-5-6-24-16(18)10-23)14-7-13-15(25-14)8-19-11-20-13/h7-8,11-12,16-17H,3-6,9-10H2,1-2H3. The van der Waals surface area contributed by atoms with Crippen LogP contribution in [0.5, 0.6) is 0 Å². The van der Waals surface area contributed by atoms with Crippen LogP contribution in [0.2, 0.25) is 0 Å². The highest BCUT2D eigenvalue weighted by molar-refractivity contribution is 7.19. The first kappa shape index (κ1) is 17.6. The van der Waals surface area contributed by atoms with Gasteiger partial charge in [0.15, 0.2) is 0 Å². The number of morpholine rings is 1.